The zero-order chi connectivity index (χ0) is 20.8. The molecule has 156 valence electrons. The van der Waals surface area contributed by atoms with E-state index in [9.17, 15) is 4.79 Å². The number of anilines is 2. The predicted octanol–water partition coefficient (Wildman–Crippen LogP) is 5.46. The second-order valence-electron chi connectivity index (χ2n) is 6.12. The van der Waals surface area contributed by atoms with Gasteiger partial charge in [-0.1, -0.05) is 44.9 Å². The highest BCUT2D eigenvalue weighted by Crippen LogP contribution is 2.39. The summed E-state index contributed by atoms with van der Waals surface area (Å²) >= 11 is 3.52. The van der Waals surface area contributed by atoms with Crippen LogP contribution in [0, 0.1) is 0 Å². The van der Waals surface area contributed by atoms with Crippen molar-refractivity contribution >= 4 is 47.1 Å². The van der Waals surface area contributed by atoms with Crippen molar-refractivity contribution in [1.29, 1.82) is 0 Å². The number of hydrogen-bond acceptors (Lipinski definition) is 6. The lowest BCUT2D eigenvalue weighted by atomic mass is 10.1. The number of rotatable bonds is 14. The van der Waals surface area contributed by atoms with Gasteiger partial charge in [0.25, 0.3) is 0 Å². The van der Waals surface area contributed by atoms with Crippen LogP contribution < -0.4 is 15.4 Å². The van der Waals surface area contributed by atoms with Crippen molar-refractivity contribution in [1.82, 2.24) is 0 Å². The van der Waals surface area contributed by atoms with Crippen LogP contribution in [-0.4, -0.2) is 32.5 Å². The smallest absolute Gasteiger partial charge is 0.241 e. The van der Waals surface area contributed by atoms with Crippen LogP contribution in [0.3, 0.4) is 0 Å². The van der Waals surface area contributed by atoms with E-state index in [0.29, 0.717) is 6.73 Å². The molecule has 0 aliphatic heterocycles. The summed E-state index contributed by atoms with van der Waals surface area (Å²) in [4.78, 5) is 11.2. The maximum Gasteiger partial charge on any atom is 0.241 e. The molecule has 0 aliphatic carbocycles. The SMILES string of the molecule is CC/C=C(\SC)SN(CCCCC)c1cccc(/C=C/C(N)=O)c1NCOC. The zero-order valence-electron chi connectivity index (χ0n) is 17.4. The summed E-state index contributed by atoms with van der Waals surface area (Å²) in [5, 5.41) is 3.34. The van der Waals surface area contributed by atoms with Gasteiger partial charge in [-0.2, -0.15) is 0 Å². The zero-order valence-corrected chi connectivity index (χ0v) is 19.0. The van der Waals surface area contributed by atoms with Crippen LogP contribution in [0.25, 0.3) is 6.08 Å². The van der Waals surface area contributed by atoms with E-state index in [-0.39, 0.29) is 0 Å². The van der Waals surface area contributed by atoms with E-state index in [1.54, 1.807) is 36.9 Å². The van der Waals surface area contributed by atoms with Gasteiger partial charge in [0.05, 0.1) is 15.6 Å². The summed E-state index contributed by atoms with van der Waals surface area (Å²) in [6.45, 7) is 5.68. The van der Waals surface area contributed by atoms with Crippen molar-refractivity contribution in [3.8, 4) is 0 Å². The highest BCUT2D eigenvalue weighted by atomic mass is 32.2. The summed E-state index contributed by atoms with van der Waals surface area (Å²) in [7, 11) is 1.65. The van der Waals surface area contributed by atoms with Gasteiger partial charge in [-0.05, 0) is 43.2 Å². The Morgan fingerprint density at radius 3 is 2.71 bits per heavy atom. The molecule has 0 fully saturated rings. The molecule has 0 saturated carbocycles. The van der Waals surface area contributed by atoms with Crippen LogP contribution in [0.1, 0.15) is 45.1 Å². The van der Waals surface area contributed by atoms with Gasteiger partial charge < -0.3 is 20.1 Å². The number of carbonyl (C=O) groups excluding carboxylic acids is 1. The van der Waals surface area contributed by atoms with Crippen molar-refractivity contribution in [2.24, 2.45) is 5.73 Å². The number of thioether (sulfide) groups is 1. The number of nitrogens with one attached hydrogen (secondary N) is 1. The van der Waals surface area contributed by atoms with Crippen LogP contribution in [0.5, 0.6) is 0 Å². The van der Waals surface area contributed by atoms with Crippen LogP contribution in [-0.2, 0) is 9.53 Å². The number of nitrogens with two attached hydrogens (primary N) is 1. The Balaban J connectivity index is 3.32. The van der Waals surface area contributed by atoms with Gasteiger partial charge in [0.15, 0.2) is 0 Å². The van der Waals surface area contributed by atoms with Gasteiger partial charge in [-0.25, -0.2) is 0 Å². The molecule has 5 nitrogen and oxygen atoms in total. The van der Waals surface area contributed by atoms with E-state index in [1.807, 2.05) is 12.1 Å². The maximum atomic E-state index is 11.2. The van der Waals surface area contributed by atoms with E-state index in [0.717, 1.165) is 36.3 Å². The number of carbonyl (C=O) groups is 1. The van der Waals surface area contributed by atoms with Crippen molar-refractivity contribution < 1.29 is 9.53 Å². The van der Waals surface area contributed by atoms with Gasteiger partial charge >= 0.3 is 0 Å². The van der Waals surface area contributed by atoms with Gasteiger partial charge in [-0.15, -0.1) is 11.8 Å². The molecule has 3 N–H and O–H groups in total. The first-order valence-electron chi connectivity index (χ1n) is 9.60. The quantitative estimate of drug-likeness (QED) is 0.179. The second-order valence-corrected chi connectivity index (χ2v) is 8.29. The third-order valence-electron chi connectivity index (χ3n) is 3.90. The molecule has 7 heteroatoms. The Morgan fingerprint density at radius 1 is 1.32 bits per heavy atom. The molecule has 0 unspecified atom stereocenters. The highest BCUT2D eigenvalue weighted by Gasteiger charge is 2.16. The van der Waals surface area contributed by atoms with Crippen molar-refractivity contribution in [3.05, 3.63) is 40.2 Å². The minimum absolute atomic E-state index is 0.377. The number of benzene rings is 1. The number of hydrogen-bond donors (Lipinski definition) is 2. The third-order valence-corrected chi connectivity index (χ3v) is 6.14. The Hall–Kier alpha value is -1.57. The molecule has 0 radical (unpaired) electrons. The largest absolute Gasteiger partial charge is 0.366 e. The average molecular weight is 424 g/mol. The van der Waals surface area contributed by atoms with E-state index in [2.05, 4.69) is 41.9 Å². The standard InChI is InChI=1S/C21H33N3O2S2/c1-5-7-8-15-24(28-20(27-4)10-6-2)18-12-9-11-17(13-14-19(22)25)21(18)23-16-26-3/h9-14,23H,5-8,15-16H2,1-4H3,(H2,22,25)/b14-13+,20-10+. The number of nitrogens with zero attached hydrogens (tertiary/aromatic N) is 1. The molecule has 1 rings (SSSR count). The van der Waals surface area contributed by atoms with Gasteiger partial charge in [0.2, 0.25) is 5.91 Å². The molecule has 0 atom stereocenters. The first kappa shape index (κ1) is 24.5. The Bertz CT molecular complexity index is 663. The topological polar surface area (TPSA) is 67.6 Å². The minimum Gasteiger partial charge on any atom is -0.366 e. The second kappa shape index (κ2) is 14.4. The number of methoxy groups -OCH3 is 1. The van der Waals surface area contributed by atoms with E-state index in [1.165, 1.54) is 23.2 Å². The molecule has 0 bridgehead atoms. The first-order chi connectivity index (χ1) is 13.6. The number of unbranched alkanes of at least 4 members (excludes halogenated alkanes) is 2. The molecule has 0 saturated heterocycles. The molecule has 28 heavy (non-hydrogen) atoms. The molecule has 0 aliphatic rings. The fourth-order valence-corrected chi connectivity index (χ4v) is 4.40. The third kappa shape index (κ3) is 8.63. The Labute approximate surface area is 178 Å². The molecule has 1 amide bonds. The molecule has 0 aromatic heterocycles. The molecular weight excluding hydrogens is 390 g/mol. The van der Waals surface area contributed by atoms with Crippen molar-refractivity contribution in [2.45, 2.75) is 39.5 Å². The van der Waals surface area contributed by atoms with Gasteiger partial charge in [0, 0.05) is 25.3 Å². The van der Waals surface area contributed by atoms with E-state index in [4.69, 9.17) is 10.5 Å². The van der Waals surface area contributed by atoms with Gasteiger partial charge in [-0.3, -0.25) is 4.79 Å². The average Bonchev–Trinajstić information content (AvgIpc) is 2.69. The normalized spacial score (nSPS) is 11.8. The van der Waals surface area contributed by atoms with Crippen molar-refractivity contribution in [2.75, 3.05) is 36.3 Å². The number of primary amides is 1. The summed E-state index contributed by atoms with van der Waals surface area (Å²) in [6.07, 6.45) is 12.0. The van der Waals surface area contributed by atoms with Crippen molar-refractivity contribution in [3.63, 3.8) is 0 Å². The molecule has 0 heterocycles. The molecule has 1 aromatic carbocycles. The first-order valence-corrected chi connectivity index (χ1v) is 11.6. The number of allylic oxidation sites excluding steroid dienone is 1. The lowest BCUT2D eigenvalue weighted by Crippen LogP contribution is -2.19. The molecular formula is C21H33N3O2S2. The van der Waals surface area contributed by atoms with Gasteiger partial charge in [0.1, 0.15) is 6.73 Å². The van der Waals surface area contributed by atoms with E-state index >= 15 is 0 Å². The summed E-state index contributed by atoms with van der Waals surface area (Å²) in [6, 6.07) is 6.07. The highest BCUT2D eigenvalue weighted by molar-refractivity contribution is 8.22. The molecule has 1 aromatic rings. The monoisotopic (exact) mass is 423 g/mol. The number of para-hydroxylation sites is 1. The minimum atomic E-state index is -0.465. The maximum absolute atomic E-state index is 11.2. The molecule has 0 spiro atoms. The lowest BCUT2D eigenvalue weighted by molar-refractivity contribution is -0.113. The number of ether oxygens (including phenoxy) is 1. The Morgan fingerprint density at radius 2 is 2.11 bits per heavy atom. The Kier molecular flexibility index (Phi) is 12.6. The fourth-order valence-electron chi connectivity index (χ4n) is 2.57. The lowest BCUT2D eigenvalue weighted by Gasteiger charge is -2.27. The number of amides is 1. The van der Waals surface area contributed by atoms with Crippen LogP contribution in [0.4, 0.5) is 11.4 Å². The van der Waals surface area contributed by atoms with Crippen LogP contribution in [0.2, 0.25) is 0 Å². The summed E-state index contributed by atoms with van der Waals surface area (Å²) in [5.74, 6) is -0.465. The van der Waals surface area contributed by atoms with E-state index < -0.39 is 5.91 Å². The fraction of sp³-hybridized carbons (Fsp3) is 0.476. The summed E-state index contributed by atoms with van der Waals surface area (Å²) < 4.78 is 8.83. The van der Waals surface area contributed by atoms with Crippen LogP contribution in [0.15, 0.2) is 34.6 Å². The van der Waals surface area contributed by atoms with Crippen LogP contribution >= 0.6 is 23.7 Å². The predicted molar refractivity (Wildman–Crippen MR) is 127 cm³/mol. The summed E-state index contributed by atoms with van der Waals surface area (Å²) in [5.41, 5.74) is 8.20.